The summed E-state index contributed by atoms with van der Waals surface area (Å²) < 4.78 is 37.3. The Morgan fingerprint density at radius 1 is 1.08 bits per heavy atom. The number of benzene rings is 1. The van der Waals surface area contributed by atoms with Gasteiger partial charge in [-0.3, -0.25) is 4.79 Å². The van der Waals surface area contributed by atoms with E-state index in [1.54, 1.807) is 0 Å². The van der Waals surface area contributed by atoms with Gasteiger partial charge in [0.25, 0.3) is 0 Å². The van der Waals surface area contributed by atoms with Crippen molar-refractivity contribution in [1.82, 2.24) is 9.80 Å². The van der Waals surface area contributed by atoms with Crippen LogP contribution in [0.5, 0.6) is 0 Å². The Balaban J connectivity index is 1.56. The summed E-state index contributed by atoms with van der Waals surface area (Å²) in [6.07, 6.45) is -1.92. The molecule has 3 nitrogen and oxygen atoms in total. The Morgan fingerprint density at radius 2 is 1.84 bits per heavy atom. The van der Waals surface area contributed by atoms with Crippen LogP contribution in [0.3, 0.4) is 0 Å². The number of carbonyl (C=O) groups is 1. The Bertz CT molecular complexity index is 576. The molecular formula is C19H25F3N2O. The molecule has 2 aliphatic heterocycles. The van der Waals surface area contributed by atoms with E-state index in [2.05, 4.69) is 12.1 Å². The van der Waals surface area contributed by atoms with Crippen molar-refractivity contribution in [2.45, 2.75) is 44.3 Å². The smallest absolute Gasteiger partial charge is 0.339 e. The zero-order valence-corrected chi connectivity index (χ0v) is 14.3. The average molecular weight is 354 g/mol. The van der Waals surface area contributed by atoms with Crippen LogP contribution < -0.4 is 0 Å². The summed E-state index contributed by atoms with van der Waals surface area (Å²) in [6.45, 7) is 2.10. The third-order valence-electron chi connectivity index (χ3n) is 5.42. The topological polar surface area (TPSA) is 23.6 Å². The molecule has 2 aliphatic rings. The third-order valence-corrected chi connectivity index (χ3v) is 5.42. The Labute approximate surface area is 146 Å². The molecule has 6 heteroatoms. The maximum atomic E-state index is 12.4. The van der Waals surface area contributed by atoms with Crippen LogP contribution in [0.2, 0.25) is 0 Å². The molecule has 2 saturated heterocycles. The second kappa shape index (κ2) is 7.77. The molecule has 138 valence electrons. The number of halogens is 3. The van der Waals surface area contributed by atoms with Crippen LogP contribution in [0, 0.1) is 5.92 Å². The van der Waals surface area contributed by atoms with Gasteiger partial charge in [-0.1, -0.05) is 30.3 Å². The fourth-order valence-corrected chi connectivity index (χ4v) is 4.10. The van der Waals surface area contributed by atoms with E-state index >= 15 is 0 Å². The number of piperidine rings is 2. The zero-order valence-electron chi connectivity index (χ0n) is 14.3. The molecule has 0 saturated carbocycles. The van der Waals surface area contributed by atoms with Gasteiger partial charge in [0.1, 0.15) is 0 Å². The lowest BCUT2D eigenvalue weighted by Gasteiger charge is -2.47. The van der Waals surface area contributed by atoms with Crippen LogP contribution in [0.15, 0.2) is 30.3 Å². The SMILES string of the molecule is O=C1CC[C@@H]2CN(CCC(F)(F)F)CC[C@@H]2N1CCc1ccccc1. The minimum Gasteiger partial charge on any atom is -0.339 e. The van der Waals surface area contributed by atoms with Gasteiger partial charge in [-0.2, -0.15) is 13.2 Å². The zero-order chi connectivity index (χ0) is 17.9. The molecule has 0 aliphatic carbocycles. The quantitative estimate of drug-likeness (QED) is 0.808. The van der Waals surface area contributed by atoms with E-state index in [0.717, 1.165) is 19.3 Å². The predicted molar refractivity (Wildman–Crippen MR) is 90.1 cm³/mol. The molecule has 3 rings (SSSR count). The van der Waals surface area contributed by atoms with Gasteiger partial charge in [-0.25, -0.2) is 0 Å². The van der Waals surface area contributed by atoms with Gasteiger partial charge in [-0.15, -0.1) is 0 Å². The molecule has 1 aromatic rings. The molecule has 0 unspecified atom stereocenters. The van der Waals surface area contributed by atoms with Crippen molar-refractivity contribution in [3.63, 3.8) is 0 Å². The van der Waals surface area contributed by atoms with Crippen molar-refractivity contribution in [2.24, 2.45) is 5.92 Å². The van der Waals surface area contributed by atoms with Crippen molar-refractivity contribution in [3.05, 3.63) is 35.9 Å². The second-order valence-corrected chi connectivity index (χ2v) is 7.14. The van der Waals surface area contributed by atoms with Gasteiger partial charge in [0.2, 0.25) is 5.91 Å². The van der Waals surface area contributed by atoms with E-state index < -0.39 is 12.6 Å². The van der Waals surface area contributed by atoms with E-state index in [1.807, 2.05) is 28.0 Å². The molecule has 0 N–H and O–H groups in total. The number of hydrogen-bond acceptors (Lipinski definition) is 2. The normalized spacial score (nSPS) is 25.1. The molecular weight excluding hydrogens is 329 g/mol. The lowest BCUT2D eigenvalue weighted by Crippen LogP contribution is -2.56. The maximum Gasteiger partial charge on any atom is 0.390 e. The van der Waals surface area contributed by atoms with Crippen LogP contribution in [0.25, 0.3) is 0 Å². The average Bonchev–Trinajstić information content (AvgIpc) is 2.59. The minimum absolute atomic E-state index is 0.0741. The monoisotopic (exact) mass is 354 g/mol. The number of hydrogen-bond donors (Lipinski definition) is 0. The molecule has 1 aromatic carbocycles. The van der Waals surface area contributed by atoms with E-state index in [9.17, 15) is 18.0 Å². The lowest BCUT2D eigenvalue weighted by atomic mass is 9.83. The third kappa shape index (κ3) is 4.97. The summed E-state index contributed by atoms with van der Waals surface area (Å²) in [4.78, 5) is 16.3. The number of likely N-dealkylation sites (tertiary alicyclic amines) is 2. The molecule has 0 radical (unpaired) electrons. The highest BCUT2D eigenvalue weighted by Gasteiger charge is 2.39. The summed E-state index contributed by atoms with van der Waals surface area (Å²) in [5.74, 6) is 0.497. The largest absolute Gasteiger partial charge is 0.390 e. The van der Waals surface area contributed by atoms with Gasteiger partial charge in [0, 0.05) is 38.6 Å². The highest BCUT2D eigenvalue weighted by molar-refractivity contribution is 5.77. The summed E-state index contributed by atoms with van der Waals surface area (Å²) in [5.41, 5.74) is 1.21. The number of rotatable bonds is 5. The number of amides is 1. The van der Waals surface area contributed by atoms with E-state index in [1.165, 1.54) is 5.56 Å². The fourth-order valence-electron chi connectivity index (χ4n) is 4.10. The first kappa shape index (κ1) is 18.2. The van der Waals surface area contributed by atoms with E-state index in [-0.39, 0.29) is 18.5 Å². The van der Waals surface area contributed by atoms with E-state index in [0.29, 0.717) is 32.0 Å². The Hall–Kier alpha value is -1.56. The first-order chi connectivity index (χ1) is 11.9. The van der Waals surface area contributed by atoms with Crippen molar-refractivity contribution in [3.8, 4) is 0 Å². The van der Waals surface area contributed by atoms with Crippen LogP contribution in [-0.4, -0.2) is 54.1 Å². The number of nitrogens with zero attached hydrogens (tertiary/aromatic N) is 2. The van der Waals surface area contributed by atoms with Crippen molar-refractivity contribution < 1.29 is 18.0 Å². The highest BCUT2D eigenvalue weighted by atomic mass is 19.4. The van der Waals surface area contributed by atoms with Gasteiger partial charge >= 0.3 is 6.18 Å². The second-order valence-electron chi connectivity index (χ2n) is 7.14. The summed E-state index contributed by atoms with van der Waals surface area (Å²) in [7, 11) is 0. The fraction of sp³-hybridized carbons (Fsp3) is 0.632. The standard InChI is InChI=1S/C19H25F3N2O/c20-19(21,22)10-13-23-11-9-17-16(14-23)6-7-18(25)24(17)12-8-15-4-2-1-3-5-15/h1-5,16-17H,6-14H2/t16-,17+/m1/s1. The van der Waals surface area contributed by atoms with E-state index in [4.69, 9.17) is 0 Å². The Kier molecular flexibility index (Phi) is 5.67. The number of carbonyl (C=O) groups excluding carboxylic acids is 1. The first-order valence-electron chi connectivity index (χ1n) is 9.05. The molecule has 0 bridgehead atoms. The molecule has 2 atom stereocenters. The number of alkyl halides is 3. The summed E-state index contributed by atoms with van der Waals surface area (Å²) in [6, 6.07) is 10.3. The molecule has 1 amide bonds. The first-order valence-corrected chi connectivity index (χ1v) is 9.05. The van der Waals surface area contributed by atoms with Gasteiger partial charge in [0.05, 0.1) is 6.42 Å². The molecule has 2 heterocycles. The highest BCUT2D eigenvalue weighted by Crippen LogP contribution is 2.32. The van der Waals surface area contributed by atoms with Gasteiger partial charge < -0.3 is 9.80 Å². The van der Waals surface area contributed by atoms with Crippen molar-refractivity contribution in [2.75, 3.05) is 26.2 Å². The molecule has 25 heavy (non-hydrogen) atoms. The molecule has 2 fully saturated rings. The predicted octanol–water partition coefficient (Wildman–Crippen LogP) is 3.49. The summed E-state index contributed by atoms with van der Waals surface area (Å²) in [5, 5.41) is 0. The van der Waals surface area contributed by atoms with Crippen molar-refractivity contribution in [1.29, 1.82) is 0 Å². The lowest BCUT2D eigenvalue weighted by molar-refractivity contribution is -0.144. The van der Waals surface area contributed by atoms with Crippen LogP contribution in [0.1, 0.15) is 31.2 Å². The number of fused-ring (bicyclic) bond motifs is 1. The Morgan fingerprint density at radius 3 is 2.56 bits per heavy atom. The minimum atomic E-state index is -4.10. The van der Waals surface area contributed by atoms with Crippen LogP contribution in [-0.2, 0) is 11.2 Å². The van der Waals surface area contributed by atoms with Gasteiger partial charge in [0.15, 0.2) is 0 Å². The van der Waals surface area contributed by atoms with Gasteiger partial charge in [-0.05, 0) is 30.7 Å². The van der Waals surface area contributed by atoms with Crippen LogP contribution in [0.4, 0.5) is 13.2 Å². The molecule has 0 aromatic heterocycles. The van der Waals surface area contributed by atoms with Crippen molar-refractivity contribution >= 4 is 5.91 Å². The van der Waals surface area contributed by atoms with Crippen LogP contribution >= 0.6 is 0 Å². The molecule has 0 spiro atoms. The maximum absolute atomic E-state index is 12.4. The summed E-state index contributed by atoms with van der Waals surface area (Å²) >= 11 is 0.